The van der Waals surface area contributed by atoms with Crippen LogP contribution in [-0.2, 0) is 0 Å². The molecule has 0 aliphatic rings. The van der Waals surface area contributed by atoms with Crippen LogP contribution in [0.25, 0.3) is 11.1 Å². The topological polar surface area (TPSA) is 18.5 Å². The highest BCUT2D eigenvalue weighted by Gasteiger charge is 2.05. The van der Waals surface area contributed by atoms with Gasteiger partial charge < -0.3 is 9.47 Å². The lowest BCUT2D eigenvalue weighted by atomic mass is 9.96. The summed E-state index contributed by atoms with van der Waals surface area (Å²) in [4.78, 5) is 0. The second kappa shape index (κ2) is 7.51. The van der Waals surface area contributed by atoms with Crippen LogP contribution in [0.2, 0.25) is 0 Å². The summed E-state index contributed by atoms with van der Waals surface area (Å²) >= 11 is 0. The van der Waals surface area contributed by atoms with Gasteiger partial charge in [0.1, 0.15) is 11.5 Å². The van der Waals surface area contributed by atoms with Crippen LogP contribution < -0.4 is 9.47 Å². The van der Waals surface area contributed by atoms with E-state index in [4.69, 9.17) is 9.47 Å². The molecule has 0 unspecified atom stereocenters. The van der Waals surface area contributed by atoms with E-state index >= 15 is 0 Å². The lowest BCUT2D eigenvalue weighted by molar-refractivity contribution is 0.414. The van der Waals surface area contributed by atoms with Crippen LogP contribution in [0.5, 0.6) is 11.5 Å². The highest BCUT2D eigenvalue weighted by molar-refractivity contribution is 5.70. The lowest BCUT2D eigenvalue weighted by Gasteiger charge is -2.10. The first-order valence-electron chi connectivity index (χ1n) is 7.28. The van der Waals surface area contributed by atoms with Crippen molar-refractivity contribution in [3.63, 3.8) is 0 Å². The van der Waals surface area contributed by atoms with Gasteiger partial charge in [0.15, 0.2) is 0 Å². The molecule has 2 rings (SSSR count). The zero-order chi connectivity index (χ0) is 15.9. The normalized spacial score (nSPS) is 10.1. The Labute approximate surface area is 132 Å². The average Bonchev–Trinajstić information content (AvgIpc) is 2.59. The first-order chi connectivity index (χ1) is 10.6. The largest absolute Gasteiger partial charge is 0.497 e. The van der Waals surface area contributed by atoms with Crippen molar-refractivity contribution in [2.45, 2.75) is 12.8 Å². The second-order valence-electron chi connectivity index (χ2n) is 5.17. The van der Waals surface area contributed by atoms with Gasteiger partial charge in [-0.25, -0.2) is 0 Å². The van der Waals surface area contributed by atoms with E-state index in [2.05, 4.69) is 25.3 Å². The molecule has 2 nitrogen and oxygen atoms in total. The van der Waals surface area contributed by atoms with E-state index < -0.39 is 0 Å². The van der Waals surface area contributed by atoms with Crippen molar-refractivity contribution in [1.29, 1.82) is 0 Å². The molecule has 0 fully saturated rings. The molecule has 0 aliphatic carbocycles. The van der Waals surface area contributed by atoms with Crippen molar-refractivity contribution >= 4 is 11.1 Å². The molecule has 0 aromatic heterocycles. The Bertz CT molecular complexity index is 611. The number of ether oxygens (including phenoxy) is 2. The van der Waals surface area contributed by atoms with E-state index in [0.717, 1.165) is 46.6 Å². The number of methoxy groups -OCH3 is 2. The molecule has 0 bridgehead atoms. The van der Waals surface area contributed by atoms with Gasteiger partial charge in [0.05, 0.1) is 14.2 Å². The Morgan fingerprint density at radius 3 is 1.55 bits per heavy atom. The fraction of sp³-hybridized carbons (Fsp3) is 0.200. The van der Waals surface area contributed by atoms with E-state index in [1.54, 1.807) is 14.2 Å². The number of allylic oxidation sites excluding steroid dienone is 2. The van der Waals surface area contributed by atoms with Crippen LogP contribution in [0.15, 0.2) is 61.7 Å². The summed E-state index contributed by atoms with van der Waals surface area (Å²) in [5, 5.41) is 0. The molecule has 0 N–H and O–H groups in total. The molecule has 0 saturated heterocycles. The molecule has 0 aliphatic heterocycles. The van der Waals surface area contributed by atoms with Gasteiger partial charge in [0, 0.05) is 0 Å². The first kappa shape index (κ1) is 15.9. The standard InChI is InChI=1S/C20H22O2/c1-15(17-7-5-9-19(13-17)21-3)11-12-16(2)18-8-6-10-20(14-18)22-4/h5-10,13-14H,1-2,11-12H2,3-4H3. The Hall–Kier alpha value is -2.48. The number of rotatable bonds is 7. The molecule has 2 aromatic carbocycles. The fourth-order valence-electron chi connectivity index (χ4n) is 2.28. The maximum atomic E-state index is 5.25. The quantitative estimate of drug-likeness (QED) is 0.698. The van der Waals surface area contributed by atoms with Crippen LogP contribution in [0, 0.1) is 0 Å². The number of benzene rings is 2. The van der Waals surface area contributed by atoms with Crippen LogP contribution in [0.1, 0.15) is 24.0 Å². The van der Waals surface area contributed by atoms with Crippen LogP contribution >= 0.6 is 0 Å². The zero-order valence-corrected chi connectivity index (χ0v) is 13.3. The molecule has 0 heterocycles. The van der Waals surface area contributed by atoms with Crippen molar-refractivity contribution in [2.24, 2.45) is 0 Å². The second-order valence-corrected chi connectivity index (χ2v) is 5.17. The molecule has 114 valence electrons. The summed E-state index contributed by atoms with van der Waals surface area (Å²) in [6, 6.07) is 16.0. The summed E-state index contributed by atoms with van der Waals surface area (Å²) in [6.45, 7) is 8.36. The van der Waals surface area contributed by atoms with E-state index in [1.807, 2.05) is 36.4 Å². The Morgan fingerprint density at radius 2 is 1.18 bits per heavy atom. The summed E-state index contributed by atoms with van der Waals surface area (Å²) in [5.74, 6) is 1.70. The molecule has 0 radical (unpaired) electrons. The molecule has 2 aromatic rings. The summed E-state index contributed by atoms with van der Waals surface area (Å²) in [5.41, 5.74) is 4.39. The molecular weight excluding hydrogens is 272 g/mol. The molecule has 0 saturated carbocycles. The fourth-order valence-corrected chi connectivity index (χ4v) is 2.28. The smallest absolute Gasteiger partial charge is 0.119 e. The maximum Gasteiger partial charge on any atom is 0.119 e. The van der Waals surface area contributed by atoms with Gasteiger partial charge in [-0.1, -0.05) is 37.4 Å². The molecule has 2 heteroatoms. The minimum atomic E-state index is 0.852. The third-order valence-corrected chi connectivity index (χ3v) is 3.68. The summed E-state index contributed by atoms with van der Waals surface area (Å²) in [6.07, 6.45) is 1.73. The van der Waals surface area contributed by atoms with Gasteiger partial charge in [-0.15, -0.1) is 0 Å². The third kappa shape index (κ3) is 4.01. The molecule has 0 atom stereocenters. The summed E-state index contributed by atoms with van der Waals surface area (Å²) in [7, 11) is 3.35. The Balaban J connectivity index is 1.99. The van der Waals surface area contributed by atoms with Crippen molar-refractivity contribution in [2.75, 3.05) is 14.2 Å². The number of hydrogen-bond donors (Lipinski definition) is 0. The third-order valence-electron chi connectivity index (χ3n) is 3.68. The van der Waals surface area contributed by atoms with Gasteiger partial charge in [-0.05, 0) is 59.4 Å². The lowest BCUT2D eigenvalue weighted by Crippen LogP contribution is -1.90. The maximum absolute atomic E-state index is 5.25. The average molecular weight is 294 g/mol. The van der Waals surface area contributed by atoms with E-state index in [9.17, 15) is 0 Å². The predicted octanol–water partition coefficient (Wildman–Crippen LogP) is 5.21. The first-order valence-corrected chi connectivity index (χ1v) is 7.28. The predicted molar refractivity (Wildman–Crippen MR) is 93.3 cm³/mol. The molecular formula is C20H22O2. The van der Waals surface area contributed by atoms with E-state index in [-0.39, 0.29) is 0 Å². The molecule has 22 heavy (non-hydrogen) atoms. The van der Waals surface area contributed by atoms with E-state index in [0.29, 0.717) is 0 Å². The zero-order valence-electron chi connectivity index (χ0n) is 13.3. The monoisotopic (exact) mass is 294 g/mol. The Morgan fingerprint density at radius 1 is 0.773 bits per heavy atom. The van der Waals surface area contributed by atoms with Gasteiger partial charge >= 0.3 is 0 Å². The van der Waals surface area contributed by atoms with Crippen molar-refractivity contribution < 1.29 is 9.47 Å². The highest BCUT2D eigenvalue weighted by atomic mass is 16.5. The van der Waals surface area contributed by atoms with Crippen LogP contribution in [0.3, 0.4) is 0 Å². The van der Waals surface area contributed by atoms with Gasteiger partial charge in [-0.2, -0.15) is 0 Å². The van der Waals surface area contributed by atoms with Crippen LogP contribution in [0.4, 0.5) is 0 Å². The van der Waals surface area contributed by atoms with Crippen molar-refractivity contribution in [3.05, 3.63) is 72.8 Å². The van der Waals surface area contributed by atoms with Crippen molar-refractivity contribution in [3.8, 4) is 11.5 Å². The highest BCUT2D eigenvalue weighted by Crippen LogP contribution is 2.27. The SMILES string of the molecule is C=C(CCC(=C)c1cccc(OC)c1)c1cccc(OC)c1. The minimum Gasteiger partial charge on any atom is -0.497 e. The van der Waals surface area contributed by atoms with Gasteiger partial charge in [0.2, 0.25) is 0 Å². The minimum absolute atomic E-state index is 0.852. The molecule has 0 amide bonds. The number of hydrogen-bond acceptors (Lipinski definition) is 2. The Kier molecular flexibility index (Phi) is 5.42. The van der Waals surface area contributed by atoms with Crippen LogP contribution in [-0.4, -0.2) is 14.2 Å². The van der Waals surface area contributed by atoms with Crippen molar-refractivity contribution in [1.82, 2.24) is 0 Å². The van der Waals surface area contributed by atoms with Gasteiger partial charge in [0.25, 0.3) is 0 Å². The molecule has 0 spiro atoms. The van der Waals surface area contributed by atoms with Gasteiger partial charge in [-0.3, -0.25) is 0 Å². The summed E-state index contributed by atoms with van der Waals surface area (Å²) < 4.78 is 10.5. The van der Waals surface area contributed by atoms with E-state index in [1.165, 1.54) is 0 Å².